The van der Waals surface area contributed by atoms with Crippen molar-refractivity contribution in [3.63, 3.8) is 0 Å². The van der Waals surface area contributed by atoms with Gasteiger partial charge in [-0.3, -0.25) is 4.79 Å². The zero-order valence-corrected chi connectivity index (χ0v) is 11.8. The minimum Gasteiger partial charge on any atom is -0.462 e. The Bertz CT molecular complexity index is 815. The van der Waals surface area contributed by atoms with E-state index in [0.717, 1.165) is 0 Å². The molecule has 2 aromatic rings. The lowest BCUT2D eigenvalue weighted by Gasteiger charge is -2.12. The summed E-state index contributed by atoms with van der Waals surface area (Å²) in [7, 11) is 0. The van der Waals surface area contributed by atoms with Crippen LogP contribution in [0.4, 0.5) is 5.69 Å². The highest BCUT2D eigenvalue weighted by Crippen LogP contribution is 2.25. The molecule has 2 N–H and O–H groups in total. The van der Waals surface area contributed by atoms with Crippen LogP contribution in [0.3, 0.4) is 0 Å². The number of fused-ring (bicyclic) bond motifs is 1. The van der Waals surface area contributed by atoms with Crippen molar-refractivity contribution >= 4 is 22.4 Å². The number of anilines is 1. The van der Waals surface area contributed by atoms with E-state index in [1.807, 2.05) is 6.07 Å². The molecule has 0 atom stereocenters. The van der Waals surface area contributed by atoms with Crippen LogP contribution in [0.15, 0.2) is 23.1 Å². The Balaban J connectivity index is 2.92. The number of hydrogen-bond donors (Lipinski definition) is 1. The van der Waals surface area contributed by atoms with E-state index in [1.54, 1.807) is 19.9 Å². The molecule has 0 aliphatic carbocycles. The number of pyridine rings is 1. The lowest BCUT2D eigenvalue weighted by molar-refractivity contribution is 0.0527. The maximum atomic E-state index is 12.4. The number of nitrogen functional groups attached to an aromatic ring is 1. The van der Waals surface area contributed by atoms with Crippen molar-refractivity contribution in [2.24, 2.45) is 0 Å². The molecular weight excluding hydrogens is 270 g/mol. The average Bonchev–Trinajstić information content (AvgIpc) is 2.48. The maximum Gasteiger partial charge on any atom is 0.340 e. The summed E-state index contributed by atoms with van der Waals surface area (Å²) >= 11 is 0. The summed E-state index contributed by atoms with van der Waals surface area (Å²) in [6.45, 7) is 4.11. The number of ether oxygens (including phenoxy) is 1. The monoisotopic (exact) mass is 285 g/mol. The molecule has 6 nitrogen and oxygen atoms in total. The molecule has 1 aromatic carbocycles. The Labute approximate surface area is 121 Å². The molecule has 0 amide bonds. The van der Waals surface area contributed by atoms with Crippen molar-refractivity contribution < 1.29 is 9.53 Å². The fourth-order valence-corrected chi connectivity index (χ4v) is 2.21. The minimum absolute atomic E-state index is 0.0911. The molecule has 0 aliphatic heterocycles. The van der Waals surface area contributed by atoms with Gasteiger partial charge < -0.3 is 15.0 Å². The Morgan fingerprint density at radius 2 is 2.14 bits per heavy atom. The van der Waals surface area contributed by atoms with Gasteiger partial charge in [0.2, 0.25) is 0 Å². The fourth-order valence-electron chi connectivity index (χ4n) is 2.21. The number of rotatable bonds is 3. The number of carbonyl (C=O) groups is 1. The maximum absolute atomic E-state index is 12.4. The second kappa shape index (κ2) is 5.67. The number of nitriles is 1. The van der Waals surface area contributed by atoms with Crippen LogP contribution in [0.2, 0.25) is 0 Å². The lowest BCUT2D eigenvalue weighted by atomic mass is 10.0. The lowest BCUT2D eigenvalue weighted by Crippen LogP contribution is -2.23. The molecule has 0 bridgehead atoms. The number of hydrogen-bond acceptors (Lipinski definition) is 5. The molecule has 1 aromatic heterocycles. The fraction of sp³-hybridized carbons (Fsp3) is 0.267. The van der Waals surface area contributed by atoms with Crippen LogP contribution in [-0.2, 0) is 11.3 Å². The highest BCUT2D eigenvalue weighted by molar-refractivity contribution is 6.07. The summed E-state index contributed by atoms with van der Waals surface area (Å²) in [6.07, 6.45) is 1.47. The molecule has 0 saturated carbocycles. The highest BCUT2D eigenvalue weighted by Gasteiger charge is 2.18. The van der Waals surface area contributed by atoms with E-state index in [2.05, 4.69) is 0 Å². The summed E-state index contributed by atoms with van der Waals surface area (Å²) in [5.41, 5.74) is 6.16. The first-order valence-corrected chi connectivity index (χ1v) is 6.57. The second-order valence-electron chi connectivity index (χ2n) is 4.42. The van der Waals surface area contributed by atoms with Gasteiger partial charge in [-0.25, -0.2) is 4.79 Å². The van der Waals surface area contributed by atoms with Crippen LogP contribution in [-0.4, -0.2) is 17.1 Å². The van der Waals surface area contributed by atoms with Crippen LogP contribution in [0.25, 0.3) is 10.8 Å². The molecule has 0 fully saturated rings. The molecule has 0 unspecified atom stereocenters. The number of benzene rings is 1. The van der Waals surface area contributed by atoms with E-state index >= 15 is 0 Å². The van der Waals surface area contributed by atoms with Crippen LogP contribution in [0.1, 0.15) is 29.8 Å². The first-order chi connectivity index (χ1) is 10.0. The summed E-state index contributed by atoms with van der Waals surface area (Å²) in [4.78, 5) is 24.5. The van der Waals surface area contributed by atoms with Gasteiger partial charge in [-0.2, -0.15) is 5.26 Å². The minimum atomic E-state index is -0.520. The van der Waals surface area contributed by atoms with Crippen LogP contribution >= 0.6 is 0 Å². The molecular formula is C15H15N3O3. The van der Waals surface area contributed by atoms with Gasteiger partial charge in [-0.05, 0) is 19.9 Å². The summed E-state index contributed by atoms with van der Waals surface area (Å²) in [5, 5.41) is 9.61. The predicted octanol–water partition coefficient (Wildman–Crippen LogP) is 1.65. The van der Waals surface area contributed by atoms with Crippen LogP contribution < -0.4 is 11.3 Å². The van der Waals surface area contributed by atoms with Gasteiger partial charge in [0.05, 0.1) is 28.8 Å². The summed E-state index contributed by atoms with van der Waals surface area (Å²) < 4.78 is 6.39. The quantitative estimate of drug-likeness (QED) is 0.683. The molecule has 1 heterocycles. The standard InChI is InChI=1S/C15H15N3O3/c1-3-18-8-11(15(20)21-4-2)10-6-5-9(7-16)13(17)12(10)14(18)19/h5-6,8H,3-4,17H2,1-2H3. The van der Waals surface area contributed by atoms with E-state index in [-0.39, 0.29) is 34.4 Å². The molecule has 0 saturated heterocycles. The number of aryl methyl sites for hydroxylation is 1. The summed E-state index contributed by atoms with van der Waals surface area (Å²) in [6, 6.07) is 4.99. The molecule has 2 rings (SSSR count). The molecule has 21 heavy (non-hydrogen) atoms. The van der Waals surface area contributed by atoms with Crippen molar-refractivity contribution in [1.29, 1.82) is 5.26 Å². The SMILES string of the molecule is CCOC(=O)c1cn(CC)c(=O)c2c(N)c(C#N)ccc12. The molecule has 0 spiro atoms. The Morgan fingerprint density at radius 3 is 2.71 bits per heavy atom. The van der Waals surface area contributed by atoms with Gasteiger partial charge in [-0.15, -0.1) is 0 Å². The Hall–Kier alpha value is -2.81. The Kier molecular flexibility index (Phi) is 3.94. The zero-order valence-electron chi connectivity index (χ0n) is 11.8. The van der Waals surface area contributed by atoms with Gasteiger partial charge in [0, 0.05) is 18.1 Å². The van der Waals surface area contributed by atoms with Crippen LogP contribution in [0.5, 0.6) is 0 Å². The third-order valence-corrected chi connectivity index (χ3v) is 3.25. The highest BCUT2D eigenvalue weighted by atomic mass is 16.5. The van der Waals surface area contributed by atoms with E-state index in [9.17, 15) is 9.59 Å². The molecule has 6 heteroatoms. The summed E-state index contributed by atoms with van der Waals surface area (Å²) in [5.74, 6) is -0.520. The van der Waals surface area contributed by atoms with Crippen LogP contribution in [0, 0.1) is 11.3 Å². The topological polar surface area (TPSA) is 98.1 Å². The van der Waals surface area contributed by atoms with Gasteiger partial charge in [0.1, 0.15) is 6.07 Å². The molecule has 0 radical (unpaired) electrons. The normalized spacial score (nSPS) is 10.3. The largest absolute Gasteiger partial charge is 0.462 e. The number of carbonyl (C=O) groups excluding carboxylic acids is 1. The third kappa shape index (κ3) is 2.34. The second-order valence-corrected chi connectivity index (χ2v) is 4.42. The number of esters is 1. The van der Waals surface area contributed by atoms with Crippen molar-refractivity contribution in [2.75, 3.05) is 12.3 Å². The van der Waals surface area contributed by atoms with Crippen molar-refractivity contribution in [3.05, 3.63) is 39.8 Å². The predicted molar refractivity (Wildman–Crippen MR) is 79.0 cm³/mol. The van der Waals surface area contributed by atoms with Crippen molar-refractivity contribution in [3.8, 4) is 6.07 Å². The molecule has 0 aliphatic rings. The zero-order chi connectivity index (χ0) is 15.6. The van der Waals surface area contributed by atoms with E-state index in [0.29, 0.717) is 11.9 Å². The first-order valence-electron chi connectivity index (χ1n) is 6.57. The van der Waals surface area contributed by atoms with Gasteiger partial charge >= 0.3 is 5.97 Å². The van der Waals surface area contributed by atoms with Crippen molar-refractivity contribution in [2.45, 2.75) is 20.4 Å². The van der Waals surface area contributed by atoms with Gasteiger partial charge in [0.25, 0.3) is 5.56 Å². The third-order valence-electron chi connectivity index (χ3n) is 3.25. The smallest absolute Gasteiger partial charge is 0.340 e. The van der Waals surface area contributed by atoms with E-state index < -0.39 is 5.97 Å². The van der Waals surface area contributed by atoms with Gasteiger partial charge in [-0.1, -0.05) is 6.07 Å². The van der Waals surface area contributed by atoms with E-state index in [1.165, 1.54) is 16.8 Å². The van der Waals surface area contributed by atoms with E-state index in [4.69, 9.17) is 15.7 Å². The average molecular weight is 285 g/mol. The number of nitrogens with zero attached hydrogens (tertiary/aromatic N) is 2. The first kappa shape index (κ1) is 14.6. The Morgan fingerprint density at radius 1 is 1.43 bits per heavy atom. The molecule has 108 valence electrons. The number of aromatic nitrogens is 1. The number of nitrogens with two attached hydrogens (primary N) is 1. The van der Waals surface area contributed by atoms with Gasteiger partial charge in [0.15, 0.2) is 0 Å². The van der Waals surface area contributed by atoms with Crippen molar-refractivity contribution in [1.82, 2.24) is 4.57 Å².